The van der Waals surface area contributed by atoms with E-state index in [2.05, 4.69) is 0 Å². The average Bonchev–Trinajstić information content (AvgIpc) is 2.73. The molecule has 2 aliphatic rings. The van der Waals surface area contributed by atoms with Crippen LogP contribution in [0.1, 0.15) is 69.8 Å². The lowest BCUT2D eigenvalue weighted by atomic mass is 9.72. The third kappa shape index (κ3) is 5.34. The molecule has 1 heterocycles. The number of benzene rings is 1. The van der Waals surface area contributed by atoms with E-state index in [0.29, 0.717) is 12.2 Å². The number of ether oxygens (including phenoxy) is 1. The fourth-order valence-electron chi connectivity index (χ4n) is 5.27. The van der Waals surface area contributed by atoms with Gasteiger partial charge in [-0.15, -0.1) is 0 Å². The average molecular weight is 412 g/mol. The summed E-state index contributed by atoms with van der Waals surface area (Å²) in [5.41, 5.74) is 0.529. The van der Waals surface area contributed by atoms with Crippen LogP contribution >= 0.6 is 0 Å². The molecule has 0 aromatic heterocycles. The molecule has 0 atom stereocenters. The highest BCUT2D eigenvalue weighted by atomic mass is 28.3. The number of hydrogen-bond donors (Lipinski definition) is 0. The molecule has 1 nitrogen and oxygen atoms in total. The lowest BCUT2D eigenvalue weighted by Gasteiger charge is -2.37. The van der Waals surface area contributed by atoms with Crippen molar-refractivity contribution in [1.29, 1.82) is 0 Å². The molecule has 0 amide bonds. The van der Waals surface area contributed by atoms with E-state index in [-0.39, 0.29) is 27.1 Å². The second-order valence-electron chi connectivity index (χ2n) is 8.56. The summed E-state index contributed by atoms with van der Waals surface area (Å²) >= 11 is 0. The van der Waals surface area contributed by atoms with Gasteiger partial charge in [0.15, 0.2) is 11.6 Å². The van der Waals surface area contributed by atoms with E-state index in [0.717, 1.165) is 50.4 Å². The first-order valence-electron chi connectivity index (χ1n) is 11.1. The van der Waals surface area contributed by atoms with Crippen LogP contribution in [-0.4, -0.2) is 22.1 Å². The number of halogens is 3. The van der Waals surface area contributed by atoms with Crippen molar-refractivity contribution in [2.75, 3.05) is 13.3 Å². The number of unbranched alkanes of at least 4 members (excludes halogenated alkanes) is 1. The van der Waals surface area contributed by atoms with Gasteiger partial charge in [0, 0.05) is 8.80 Å². The Bertz CT molecular complexity index is 608. The Hall–Kier alpha value is -0.973. The summed E-state index contributed by atoms with van der Waals surface area (Å²) in [6.07, 6.45) is 8.67. The summed E-state index contributed by atoms with van der Waals surface area (Å²) in [5, 5.41) is 0. The Kier molecular flexibility index (Phi) is 8.31. The third-order valence-corrected chi connectivity index (χ3v) is 9.96. The molecule has 0 spiro atoms. The minimum atomic E-state index is -0.837. The lowest BCUT2D eigenvalue weighted by Crippen LogP contribution is -2.28. The van der Waals surface area contributed by atoms with Crippen molar-refractivity contribution >= 4 is 8.80 Å². The van der Waals surface area contributed by atoms with Crippen LogP contribution in [0.15, 0.2) is 12.1 Å². The molecule has 5 heteroatoms. The topological polar surface area (TPSA) is 9.23 Å². The Labute approximate surface area is 169 Å². The van der Waals surface area contributed by atoms with Gasteiger partial charge in [0.05, 0.1) is 13.3 Å². The summed E-state index contributed by atoms with van der Waals surface area (Å²) in [4.78, 5) is 0. The Morgan fingerprint density at radius 1 is 0.929 bits per heavy atom. The van der Waals surface area contributed by atoms with Crippen LogP contribution in [0, 0.1) is 23.5 Å². The van der Waals surface area contributed by atoms with Crippen LogP contribution in [0.4, 0.5) is 13.2 Å². The van der Waals surface area contributed by atoms with E-state index >= 15 is 0 Å². The molecule has 157 valence electrons. The Morgan fingerprint density at radius 2 is 1.61 bits per heavy atom. The quantitative estimate of drug-likeness (QED) is 0.322. The van der Waals surface area contributed by atoms with Crippen LogP contribution in [0.5, 0.6) is 5.75 Å². The van der Waals surface area contributed by atoms with Gasteiger partial charge < -0.3 is 4.74 Å². The van der Waals surface area contributed by atoms with Crippen LogP contribution in [0.2, 0.25) is 18.1 Å². The van der Waals surface area contributed by atoms with Crippen molar-refractivity contribution in [2.45, 2.75) is 82.3 Å². The third-order valence-electron chi connectivity index (χ3n) is 6.91. The second kappa shape index (κ2) is 10.7. The number of hydrogen-bond acceptors (Lipinski definition) is 1. The maximum Gasteiger partial charge on any atom is 0.200 e. The highest BCUT2D eigenvalue weighted by Crippen LogP contribution is 2.44. The molecule has 1 aromatic rings. The molecule has 1 aliphatic carbocycles. The Balaban J connectivity index is 1.48. The molecule has 3 rings (SSSR count). The molecule has 0 unspecified atom stereocenters. The molecule has 2 fully saturated rings. The van der Waals surface area contributed by atoms with E-state index in [1.807, 2.05) is 0 Å². The molecule has 0 bridgehead atoms. The largest absolute Gasteiger partial charge is 0.491 e. The molecule has 1 radical (unpaired) electrons. The zero-order valence-corrected chi connectivity index (χ0v) is 18.1. The van der Waals surface area contributed by atoms with Gasteiger partial charge in [-0.25, -0.2) is 4.39 Å². The highest BCUT2D eigenvalue weighted by Gasteiger charge is 2.32. The summed E-state index contributed by atoms with van der Waals surface area (Å²) in [7, 11) is -0.233. The molecular formula is C23H34F3OSi. The smallest absolute Gasteiger partial charge is 0.200 e. The predicted molar refractivity (Wildman–Crippen MR) is 110 cm³/mol. The van der Waals surface area contributed by atoms with Crippen molar-refractivity contribution in [1.82, 2.24) is 0 Å². The van der Waals surface area contributed by atoms with Crippen molar-refractivity contribution in [2.24, 2.45) is 11.8 Å². The van der Waals surface area contributed by atoms with Crippen molar-refractivity contribution in [3.8, 4) is 5.75 Å². The van der Waals surface area contributed by atoms with E-state index in [1.54, 1.807) is 19.1 Å². The van der Waals surface area contributed by atoms with Gasteiger partial charge in [0.2, 0.25) is 5.82 Å². The molecule has 28 heavy (non-hydrogen) atoms. The minimum Gasteiger partial charge on any atom is -0.491 e. The van der Waals surface area contributed by atoms with Gasteiger partial charge in [-0.2, -0.15) is 4.39 Å². The van der Waals surface area contributed by atoms with Gasteiger partial charge in [-0.05, 0) is 68.4 Å². The lowest BCUT2D eigenvalue weighted by molar-refractivity contribution is 0.214. The first kappa shape index (κ1) is 21.7. The molecule has 1 saturated carbocycles. The van der Waals surface area contributed by atoms with Gasteiger partial charge in [0.25, 0.3) is 0 Å². The van der Waals surface area contributed by atoms with E-state index in [9.17, 15) is 13.2 Å². The van der Waals surface area contributed by atoms with Gasteiger partial charge in [-0.1, -0.05) is 43.5 Å². The normalized spacial score (nSPS) is 24.4. The van der Waals surface area contributed by atoms with Gasteiger partial charge in [0.1, 0.15) is 0 Å². The Morgan fingerprint density at radius 3 is 2.25 bits per heavy atom. The fourth-order valence-corrected chi connectivity index (χ4v) is 8.33. The van der Waals surface area contributed by atoms with E-state index in [1.165, 1.54) is 31.0 Å². The van der Waals surface area contributed by atoms with E-state index < -0.39 is 11.6 Å². The zero-order chi connectivity index (χ0) is 19.9. The van der Waals surface area contributed by atoms with Crippen LogP contribution in [0.25, 0.3) is 0 Å². The summed E-state index contributed by atoms with van der Waals surface area (Å²) in [6.45, 7) is 1.94. The number of rotatable bonds is 8. The van der Waals surface area contributed by atoms with Crippen LogP contribution < -0.4 is 4.74 Å². The second-order valence-corrected chi connectivity index (χ2v) is 11.6. The van der Waals surface area contributed by atoms with Crippen molar-refractivity contribution in [3.63, 3.8) is 0 Å². The molecular weight excluding hydrogens is 377 g/mol. The first-order chi connectivity index (χ1) is 13.6. The number of alkyl halides is 1. The molecule has 0 N–H and O–H groups in total. The maximum absolute atomic E-state index is 14.5. The van der Waals surface area contributed by atoms with Crippen molar-refractivity contribution in [3.05, 3.63) is 29.3 Å². The summed E-state index contributed by atoms with van der Waals surface area (Å²) < 4.78 is 46.2. The summed E-state index contributed by atoms with van der Waals surface area (Å²) in [5.74, 6) is 0.164. The fraction of sp³-hybridized carbons (Fsp3) is 0.739. The minimum absolute atomic E-state index is 0.0174. The predicted octanol–water partition coefficient (Wildman–Crippen LogP) is 7.29. The van der Waals surface area contributed by atoms with Crippen molar-refractivity contribution < 1.29 is 17.9 Å². The monoisotopic (exact) mass is 411 g/mol. The van der Waals surface area contributed by atoms with Gasteiger partial charge >= 0.3 is 0 Å². The van der Waals surface area contributed by atoms with Crippen LogP contribution in [-0.2, 0) is 0 Å². The zero-order valence-electron chi connectivity index (χ0n) is 17.1. The standard InChI is InChI=1S/C23H34F3OSi/c1-2-27-21-10-9-20(22(25)23(21)26)19-7-5-17(6-8-19)18-11-15-28(16-12-18)14-4-3-13-24/h9-10,17-19H,2-8,11-16H2,1H3. The van der Waals surface area contributed by atoms with Crippen LogP contribution in [0.3, 0.4) is 0 Å². The highest BCUT2D eigenvalue weighted by molar-refractivity contribution is 6.58. The molecule has 1 aromatic carbocycles. The molecule has 1 saturated heterocycles. The molecule has 1 aliphatic heterocycles. The van der Waals surface area contributed by atoms with E-state index in [4.69, 9.17) is 4.74 Å². The maximum atomic E-state index is 14.5. The first-order valence-corrected chi connectivity index (χ1v) is 13.3. The SMILES string of the molecule is CCOc1ccc(C2CCC(C3CC[Si](CCCCF)CC3)CC2)c(F)c1F. The summed E-state index contributed by atoms with van der Waals surface area (Å²) in [6, 6.07) is 7.37. The van der Waals surface area contributed by atoms with Gasteiger partial charge in [-0.3, -0.25) is 4.39 Å².